The summed E-state index contributed by atoms with van der Waals surface area (Å²) >= 11 is 0. The number of hydrogen-bond donors (Lipinski definition) is 2. The molecule has 0 spiro atoms. The normalized spacial score (nSPS) is 22.6. The van der Waals surface area contributed by atoms with Crippen LogP contribution >= 0.6 is 0 Å². The van der Waals surface area contributed by atoms with Crippen molar-refractivity contribution in [3.63, 3.8) is 0 Å². The largest absolute Gasteiger partial charge is 0.349 e. The molecule has 24 heavy (non-hydrogen) atoms. The molecule has 7 heteroatoms. The second kappa shape index (κ2) is 7.79. The molecule has 2 fully saturated rings. The van der Waals surface area contributed by atoms with E-state index in [0.29, 0.717) is 25.4 Å². The van der Waals surface area contributed by atoms with Crippen molar-refractivity contribution >= 4 is 11.8 Å². The van der Waals surface area contributed by atoms with E-state index in [2.05, 4.69) is 27.2 Å². The maximum absolute atomic E-state index is 12.1. The van der Waals surface area contributed by atoms with Crippen molar-refractivity contribution in [1.82, 2.24) is 25.1 Å². The number of rotatable bonds is 5. The summed E-state index contributed by atoms with van der Waals surface area (Å²) in [5, 5.41) is 2.89. The second-order valence-corrected chi connectivity index (χ2v) is 6.94. The van der Waals surface area contributed by atoms with E-state index >= 15 is 0 Å². The molecule has 2 saturated heterocycles. The van der Waals surface area contributed by atoms with Gasteiger partial charge in [-0.05, 0) is 32.9 Å². The first kappa shape index (κ1) is 17.0. The maximum Gasteiger partial charge on any atom is 0.239 e. The van der Waals surface area contributed by atoms with Gasteiger partial charge in [-0.3, -0.25) is 9.59 Å². The van der Waals surface area contributed by atoms with Crippen LogP contribution < -0.4 is 5.32 Å². The standard InChI is InChI=1S/C17H27N5O2/c1-21-8-6-13(11-21)17-19-10-14(20-17)9-18-15(23)12-22-7-4-2-3-5-16(22)24/h10,13H,2-9,11-12H2,1H3,(H,18,23)(H,19,20)/t13-/m0/s1. The molecule has 0 saturated carbocycles. The van der Waals surface area contributed by atoms with Crippen LogP contribution in [0.25, 0.3) is 0 Å². The second-order valence-electron chi connectivity index (χ2n) is 6.94. The number of nitrogens with zero attached hydrogens (tertiary/aromatic N) is 3. The number of amides is 2. The highest BCUT2D eigenvalue weighted by atomic mass is 16.2. The summed E-state index contributed by atoms with van der Waals surface area (Å²) < 4.78 is 0. The van der Waals surface area contributed by atoms with Gasteiger partial charge in [0, 0.05) is 25.4 Å². The van der Waals surface area contributed by atoms with Crippen LogP contribution in [0.3, 0.4) is 0 Å². The highest BCUT2D eigenvalue weighted by Crippen LogP contribution is 2.23. The Hall–Kier alpha value is -1.89. The average molecular weight is 333 g/mol. The topological polar surface area (TPSA) is 81.3 Å². The molecular formula is C17H27N5O2. The quantitative estimate of drug-likeness (QED) is 0.837. The van der Waals surface area contributed by atoms with Gasteiger partial charge in [0.25, 0.3) is 0 Å². The van der Waals surface area contributed by atoms with Gasteiger partial charge in [-0.25, -0.2) is 4.98 Å². The Morgan fingerprint density at radius 2 is 2.25 bits per heavy atom. The fraction of sp³-hybridized carbons (Fsp3) is 0.706. The first-order valence-electron chi connectivity index (χ1n) is 8.88. The van der Waals surface area contributed by atoms with Crippen molar-refractivity contribution in [3.05, 3.63) is 17.7 Å². The number of imidazole rings is 1. The van der Waals surface area contributed by atoms with Gasteiger partial charge in [-0.15, -0.1) is 0 Å². The molecule has 3 rings (SSSR count). The van der Waals surface area contributed by atoms with E-state index in [-0.39, 0.29) is 18.4 Å². The van der Waals surface area contributed by atoms with Gasteiger partial charge in [-0.1, -0.05) is 6.42 Å². The number of nitrogens with one attached hydrogen (secondary N) is 2. The van der Waals surface area contributed by atoms with Crippen LogP contribution in [0.2, 0.25) is 0 Å². The molecule has 7 nitrogen and oxygen atoms in total. The third kappa shape index (κ3) is 4.35. The SMILES string of the molecule is CN1CC[C@H](c2ncc(CNC(=O)CN3CCCCCC3=O)[nH]2)C1. The van der Waals surface area contributed by atoms with Crippen molar-refractivity contribution in [2.45, 2.75) is 44.6 Å². The fourth-order valence-electron chi connectivity index (χ4n) is 3.46. The van der Waals surface area contributed by atoms with Gasteiger partial charge >= 0.3 is 0 Å². The summed E-state index contributed by atoms with van der Waals surface area (Å²) in [5.41, 5.74) is 0.912. The summed E-state index contributed by atoms with van der Waals surface area (Å²) in [6.45, 7) is 3.40. The van der Waals surface area contributed by atoms with Gasteiger partial charge in [0.15, 0.2) is 0 Å². The van der Waals surface area contributed by atoms with E-state index in [9.17, 15) is 9.59 Å². The molecule has 2 aliphatic heterocycles. The molecule has 1 atom stereocenters. The van der Waals surface area contributed by atoms with E-state index in [1.807, 2.05) is 0 Å². The lowest BCUT2D eigenvalue weighted by molar-refractivity contribution is -0.135. The first-order valence-corrected chi connectivity index (χ1v) is 8.88. The summed E-state index contributed by atoms with van der Waals surface area (Å²) in [6.07, 6.45) is 6.46. The van der Waals surface area contributed by atoms with Gasteiger partial charge in [0.1, 0.15) is 5.82 Å². The van der Waals surface area contributed by atoms with E-state index in [1.54, 1.807) is 11.1 Å². The van der Waals surface area contributed by atoms with E-state index < -0.39 is 0 Å². The van der Waals surface area contributed by atoms with Crippen LogP contribution in [0.15, 0.2) is 6.20 Å². The van der Waals surface area contributed by atoms with Crippen LogP contribution in [-0.4, -0.2) is 64.8 Å². The van der Waals surface area contributed by atoms with Crippen LogP contribution in [-0.2, 0) is 16.1 Å². The van der Waals surface area contributed by atoms with Crippen molar-refractivity contribution in [1.29, 1.82) is 0 Å². The molecule has 0 aliphatic carbocycles. The third-order valence-corrected chi connectivity index (χ3v) is 4.91. The van der Waals surface area contributed by atoms with Crippen LogP contribution in [0.1, 0.15) is 49.5 Å². The number of aromatic nitrogens is 2. The Bertz CT molecular complexity index is 585. The Morgan fingerprint density at radius 1 is 1.38 bits per heavy atom. The van der Waals surface area contributed by atoms with Gasteiger partial charge in [0.05, 0.1) is 25.0 Å². The number of likely N-dealkylation sites (N-methyl/N-ethyl adjacent to an activating group) is 1. The van der Waals surface area contributed by atoms with Crippen molar-refractivity contribution in [2.24, 2.45) is 0 Å². The lowest BCUT2D eigenvalue weighted by Gasteiger charge is -2.19. The zero-order chi connectivity index (χ0) is 16.9. The number of aromatic amines is 1. The monoisotopic (exact) mass is 333 g/mol. The van der Waals surface area contributed by atoms with Gasteiger partial charge < -0.3 is 20.1 Å². The first-order chi connectivity index (χ1) is 11.6. The zero-order valence-corrected chi connectivity index (χ0v) is 14.4. The summed E-state index contributed by atoms with van der Waals surface area (Å²) in [5.74, 6) is 1.44. The molecule has 1 aromatic heterocycles. The molecule has 0 bridgehead atoms. The highest BCUT2D eigenvalue weighted by Gasteiger charge is 2.23. The predicted molar refractivity (Wildman–Crippen MR) is 90.3 cm³/mol. The van der Waals surface area contributed by atoms with E-state index in [1.165, 1.54) is 0 Å². The lowest BCUT2D eigenvalue weighted by atomic mass is 10.1. The minimum absolute atomic E-state index is 0.0943. The van der Waals surface area contributed by atoms with Crippen molar-refractivity contribution < 1.29 is 9.59 Å². The number of carbonyl (C=O) groups is 2. The van der Waals surface area contributed by atoms with Crippen molar-refractivity contribution in [3.8, 4) is 0 Å². The molecule has 1 aromatic rings. The van der Waals surface area contributed by atoms with Crippen LogP contribution in [0, 0.1) is 0 Å². The van der Waals surface area contributed by atoms with Crippen LogP contribution in [0.5, 0.6) is 0 Å². The Labute approximate surface area is 142 Å². The lowest BCUT2D eigenvalue weighted by Crippen LogP contribution is -2.40. The Morgan fingerprint density at radius 3 is 3.04 bits per heavy atom. The summed E-state index contributed by atoms with van der Waals surface area (Å²) in [7, 11) is 2.12. The molecule has 2 N–H and O–H groups in total. The van der Waals surface area contributed by atoms with E-state index in [4.69, 9.17) is 0 Å². The predicted octanol–water partition coefficient (Wildman–Crippen LogP) is 0.848. The molecule has 0 radical (unpaired) electrons. The highest BCUT2D eigenvalue weighted by molar-refractivity contribution is 5.84. The molecule has 2 amide bonds. The van der Waals surface area contributed by atoms with Gasteiger partial charge in [-0.2, -0.15) is 0 Å². The number of hydrogen-bond acceptors (Lipinski definition) is 4. The minimum atomic E-state index is -0.109. The number of H-pyrrole nitrogens is 1. The maximum atomic E-state index is 12.1. The summed E-state index contributed by atoms with van der Waals surface area (Å²) in [4.78, 5) is 35.8. The van der Waals surface area contributed by atoms with Gasteiger partial charge in [0.2, 0.25) is 11.8 Å². The molecule has 132 valence electrons. The smallest absolute Gasteiger partial charge is 0.239 e. The molecule has 3 heterocycles. The Balaban J connectivity index is 1.46. The van der Waals surface area contributed by atoms with Crippen LogP contribution in [0.4, 0.5) is 0 Å². The third-order valence-electron chi connectivity index (χ3n) is 4.91. The zero-order valence-electron chi connectivity index (χ0n) is 14.4. The fourth-order valence-corrected chi connectivity index (χ4v) is 3.46. The van der Waals surface area contributed by atoms with Crippen molar-refractivity contribution in [2.75, 3.05) is 33.2 Å². The molecule has 2 aliphatic rings. The minimum Gasteiger partial charge on any atom is -0.349 e. The summed E-state index contributed by atoms with van der Waals surface area (Å²) in [6, 6.07) is 0. The Kier molecular flexibility index (Phi) is 5.50. The number of likely N-dealkylation sites (tertiary alicyclic amines) is 2. The van der Waals surface area contributed by atoms with E-state index in [0.717, 1.165) is 50.3 Å². The molecule has 0 aromatic carbocycles. The average Bonchev–Trinajstić information content (AvgIpc) is 3.15. The number of carbonyl (C=O) groups excluding carboxylic acids is 2. The molecular weight excluding hydrogens is 306 g/mol. The molecule has 0 unspecified atom stereocenters.